The predicted molar refractivity (Wildman–Crippen MR) is 107 cm³/mol. The lowest BCUT2D eigenvalue weighted by Crippen LogP contribution is -2.50. The molecule has 1 heterocycles. The van der Waals surface area contributed by atoms with E-state index in [0.717, 1.165) is 11.1 Å². The van der Waals surface area contributed by atoms with Gasteiger partial charge >= 0.3 is 0 Å². The molecule has 0 bridgehead atoms. The molecule has 0 aliphatic carbocycles. The lowest BCUT2D eigenvalue weighted by Gasteiger charge is -2.34. The molecule has 7 heteroatoms. The maximum absolute atomic E-state index is 12.8. The molecule has 1 amide bonds. The van der Waals surface area contributed by atoms with Crippen molar-refractivity contribution in [3.8, 4) is 0 Å². The maximum atomic E-state index is 12.8. The average Bonchev–Trinajstić information content (AvgIpc) is 2.70. The van der Waals surface area contributed by atoms with Crippen molar-refractivity contribution in [2.45, 2.75) is 25.2 Å². The maximum Gasteiger partial charge on any atom is 0.243 e. The van der Waals surface area contributed by atoms with Crippen molar-refractivity contribution in [3.63, 3.8) is 0 Å². The van der Waals surface area contributed by atoms with Crippen LogP contribution in [0.15, 0.2) is 53.4 Å². The molecule has 1 fully saturated rings. The first-order valence-corrected chi connectivity index (χ1v) is 10.7. The van der Waals surface area contributed by atoms with Crippen molar-refractivity contribution in [2.24, 2.45) is 0 Å². The van der Waals surface area contributed by atoms with E-state index in [-0.39, 0.29) is 29.7 Å². The SMILES string of the molecule is CC(=O)c1ccc(S(=O)(=O)N2CCN(C(=O)Cc3ccc(C)cc3)CC2)cc1. The summed E-state index contributed by atoms with van der Waals surface area (Å²) >= 11 is 0. The first kappa shape index (κ1) is 20.2. The van der Waals surface area contributed by atoms with E-state index in [1.807, 2.05) is 31.2 Å². The first-order valence-electron chi connectivity index (χ1n) is 9.22. The normalized spacial score (nSPS) is 15.4. The van der Waals surface area contributed by atoms with E-state index >= 15 is 0 Å². The van der Waals surface area contributed by atoms with Crippen molar-refractivity contribution in [1.82, 2.24) is 9.21 Å². The molecule has 0 radical (unpaired) electrons. The van der Waals surface area contributed by atoms with Crippen LogP contribution in [0.25, 0.3) is 0 Å². The van der Waals surface area contributed by atoms with Crippen molar-refractivity contribution in [2.75, 3.05) is 26.2 Å². The highest BCUT2D eigenvalue weighted by atomic mass is 32.2. The molecule has 1 aliphatic rings. The number of hydrogen-bond acceptors (Lipinski definition) is 4. The Morgan fingerprint density at radius 2 is 1.46 bits per heavy atom. The minimum absolute atomic E-state index is 0.00621. The summed E-state index contributed by atoms with van der Waals surface area (Å²) in [6, 6.07) is 13.8. The molecular weight excluding hydrogens is 376 g/mol. The van der Waals surface area contributed by atoms with Crippen molar-refractivity contribution < 1.29 is 18.0 Å². The van der Waals surface area contributed by atoms with E-state index in [1.165, 1.54) is 35.5 Å². The van der Waals surface area contributed by atoms with E-state index in [9.17, 15) is 18.0 Å². The van der Waals surface area contributed by atoms with Gasteiger partial charge in [-0.05, 0) is 31.5 Å². The molecule has 1 saturated heterocycles. The quantitative estimate of drug-likeness (QED) is 0.722. The number of rotatable bonds is 5. The summed E-state index contributed by atoms with van der Waals surface area (Å²) < 4.78 is 27.0. The molecule has 148 valence electrons. The number of sulfonamides is 1. The number of benzene rings is 2. The van der Waals surface area contributed by atoms with Crippen LogP contribution < -0.4 is 0 Å². The van der Waals surface area contributed by atoms with Gasteiger partial charge in [0.25, 0.3) is 0 Å². The van der Waals surface area contributed by atoms with Gasteiger partial charge in [0.2, 0.25) is 15.9 Å². The second-order valence-corrected chi connectivity index (χ2v) is 8.97. The van der Waals surface area contributed by atoms with Crippen molar-refractivity contribution in [1.29, 1.82) is 0 Å². The number of ketones is 1. The van der Waals surface area contributed by atoms with E-state index < -0.39 is 10.0 Å². The van der Waals surface area contributed by atoms with Crippen LogP contribution in [-0.4, -0.2) is 55.5 Å². The third-order valence-corrected chi connectivity index (χ3v) is 6.88. The highest BCUT2D eigenvalue weighted by Gasteiger charge is 2.30. The van der Waals surface area contributed by atoms with E-state index in [0.29, 0.717) is 25.1 Å². The van der Waals surface area contributed by atoms with E-state index in [1.54, 1.807) is 4.90 Å². The third-order valence-electron chi connectivity index (χ3n) is 4.97. The van der Waals surface area contributed by atoms with Crippen LogP contribution in [0.3, 0.4) is 0 Å². The van der Waals surface area contributed by atoms with E-state index in [4.69, 9.17) is 0 Å². The molecule has 0 atom stereocenters. The molecule has 3 rings (SSSR count). The Labute approximate surface area is 165 Å². The number of carbonyl (C=O) groups is 2. The van der Waals surface area contributed by atoms with Gasteiger partial charge in [-0.3, -0.25) is 9.59 Å². The summed E-state index contributed by atoms with van der Waals surface area (Å²) in [6.45, 7) is 4.70. The van der Waals surface area contributed by atoms with Crippen LogP contribution >= 0.6 is 0 Å². The second kappa shape index (κ2) is 8.24. The van der Waals surface area contributed by atoms with Crippen LogP contribution in [0.1, 0.15) is 28.4 Å². The van der Waals surface area contributed by atoms with Crippen LogP contribution in [0.4, 0.5) is 0 Å². The third kappa shape index (κ3) is 4.48. The summed E-state index contributed by atoms with van der Waals surface area (Å²) in [4.78, 5) is 25.7. The molecule has 1 aliphatic heterocycles. The molecule has 0 spiro atoms. The molecule has 0 N–H and O–H groups in total. The molecule has 2 aromatic rings. The van der Waals surface area contributed by atoms with Gasteiger partial charge in [-0.2, -0.15) is 4.31 Å². The summed E-state index contributed by atoms with van der Waals surface area (Å²) in [7, 11) is -3.63. The number of amides is 1. The highest BCUT2D eigenvalue weighted by molar-refractivity contribution is 7.89. The number of piperazine rings is 1. The van der Waals surface area contributed by atoms with Gasteiger partial charge < -0.3 is 4.90 Å². The highest BCUT2D eigenvalue weighted by Crippen LogP contribution is 2.19. The Morgan fingerprint density at radius 3 is 2.00 bits per heavy atom. The van der Waals surface area contributed by atoms with E-state index in [2.05, 4.69) is 0 Å². The van der Waals surface area contributed by atoms with Crippen LogP contribution in [0.5, 0.6) is 0 Å². The Hall–Kier alpha value is -2.51. The lowest BCUT2D eigenvalue weighted by molar-refractivity contribution is -0.131. The average molecular weight is 401 g/mol. The molecule has 0 aromatic heterocycles. The number of nitrogens with zero attached hydrogens (tertiary/aromatic N) is 2. The van der Waals surface area contributed by atoms with Gasteiger partial charge in [0.1, 0.15) is 0 Å². The molecule has 0 saturated carbocycles. The van der Waals surface area contributed by atoms with Gasteiger partial charge in [-0.15, -0.1) is 0 Å². The van der Waals surface area contributed by atoms with Gasteiger partial charge in [0.15, 0.2) is 5.78 Å². The second-order valence-electron chi connectivity index (χ2n) is 7.03. The predicted octanol–water partition coefficient (Wildman–Crippen LogP) is 2.27. The zero-order chi connectivity index (χ0) is 20.3. The fraction of sp³-hybridized carbons (Fsp3) is 0.333. The van der Waals surface area contributed by atoms with Crippen molar-refractivity contribution >= 4 is 21.7 Å². The topological polar surface area (TPSA) is 74.8 Å². The number of carbonyl (C=O) groups excluding carboxylic acids is 2. The molecule has 28 heavy (non-hydrogen) atoms. The minimum Gasteiger partial charge on any atom is -0.340 e. The van der Waals surface area contributed by atoms with Gasteiger partial charge in [0.05, 0.1) is 11.3 Å². The largest absolute Gasteiger partial charge is 0.340 e. The van der Waals surface area contributed by atoms with Crippen LogP contribution in [0, 0.1) is 6.92 Å². The fourth-order valence-corrected chi connectivity index (χ4v) is 4.60. The van der Waals surface area contributed by atoms with Crippen LogP contribution in [0.2, 0.25) is 0 Å². The van der Waals surface area contributed by atoms with Crippen molar-refractivity contribution in [3.05, 3.63) is 65.2 Å². The molecular formula is C21H24N2O4S. The lowest BCUT2D eigenvalue weighted by atomic mass is 10.1. The summed E-state index contributed by atoms with van der Waals surface area (Å²) in [5.74, 6) is -0.101. The zero-order valence-corrected chi connectivity index (χ0v) is 16.9. The van der Waals surface area contributed by atoms with Gasteiger partial charge in [-0.25, -0.2) is 8.42 Å². The number of aryl methyl sites for hydroxylation is 1. The molecule has 2 aromatic carbocycles. The van der Waals surface area contributed by atoms with Crippen LogP contribution in [-0.2, 0) is 21.2 Å². The fourth-order valence-electron chi connectivity index (χ4n) is 3.18. The van der Waals surface area contributed by atoms with Gasteiger partial charge in [0, 0.05) is 31.7 Å². The number of Topliss-reactive ketones (excluding diaryl/α,β-unsaturated/α-hetero) is 1. The minimum atomic E-state index is -3.63. The number of hydrogen-bond donors (Lipinski definition) is 0. The Bertz CT molecular complexity index is 958. The van der Waals surface area contributed by atoms with Gasteiger partial charge in [-0.1, -0.05) is 42.0 Å². The standard InChI is InChI=1S/C21H24N2O4S/c1-16-3-5-18(6-4-16)15-21(25)22-11-13-23(14-12-22)28(26,27)20-9-7-19(8-10-20)17(2)24/h3-10H,11-15H2,1-2H3. The summed E-state index contributed by atoms with van der Waals surface area (Å²) in [6.07, 6.45) is 0.319. The Kier molecular flexibility index (Phi) is 5.96. The summed E-state index contributed by atoms with van der Waals surface area (Å²) in [5.41, 5.74) is 2.58. The molecule has 0 unspecified atom stereocenters. The first-order chi connectivity index (χ1) is 13.3. The Morgan fingerprint density at radius 1 is 0.893 bits per heavy atom. The molecule has 6 nitrogen and oxygen atoms in total. The smallest absolute Gasteiger partial charge is 0.243 e. The monoisotopic (exact) mass is 400 g/mol. The Balaban J connectivity index is 1.61. The summed E-state index contributed by atoms with van der Waals surface area (Å²) in [5, 5.41) is 0. The zero-order valence-electron chi connectivity index (χ0n) is 16.1.